The van der Waals surface area contributed by atoms with E-state index in [1.54, 1.807) is 36.4 Å². The van der Waals surface area contributed by atoms with Crippen molar-refractivity contribution in [3.63, 3.8) is 0 Å². The van der Waals surface area contributed by atoms with E-state index in [0.29, 0.717) is 16.8 Å². The quantitative estimate of drug-likeness (QED) is 0.940. The fourth-order valence-corrected chi connectivity index (χ4v) is 2.32. The average molecular weight is 316 g/mol. The van der Waals surface area contributed by atoms with Gasteiger partial charge in [-0.1, -0.05) is 24.3 Å². The summed E-state index contributed by atoms with van der Waals surface area (Å²) < 4.78 is 0. The minimum absolute atomic E-state index is 0.327. The van der Waals surface area contributed by atoms with Gasteiger partial charge in [-0.25, -0.2) is 0 Å². The Hall–Kier alpha value is -3.59. The molecule has 1 heterocycles. The number of benzene rings is 2. The Balaban J connectivity index is 1.87. The van der Waals surface area contributed by atoms with Gasteiger partial charge in [0.25, 0.3) is 11.8 Å². The molecule has 0 spiro atoms. The van der Waals surface area contributed by atoms with Crippen molar-refractivity contribution in [3.05, 3.63) is 77.4 Å². The van der Waals surface area contributed by atoms with Crippen molar-refractivity contribution in [3.8, 4) is 6.07 Å². The minimum Gasteiger partial charge on any atom is -0.322 e. The molecule has 2 aromatic carbocycles. The van der Waals surface area contributed by atoms with Crippen LogP contribution < -0.4 is 5.32 Å². The molecule has 0 radical (unpaired) electrons. The van der Waals surface area contributed by atoms with Gasteiger partial charge in [-0.05, 0) is 30.3 Å². The lowest BCUT2D eigenvalue weighted by atomic mass is 10.0. The van der Waals surface area contributed by atoms with E-state index in [0.717, 1.165) is 5.56 Å². The fraction of sp³-hybridized carbons (Fsp3) is 0.0556. The van der Waals surface area contributed by atoms with Crippen LogP contribution in [0.5, 0.6) is 0 Å². The van der Waals surface area contributed by atoms with Gasteiger partial charge >= 0.3 is 0 Å². The van der Waals surface area contributed by atoms with Crippen LogP contribution >= 0.6 is 0 Å². The van der Waals surface area contributed by atoms with Crippen LogP contribution in [0.2, 0.25) is 0 Å². The molecule has 0 saturated carbocycles. The molecule has 3 rings (SSSR count). The second-order valence-corrected chi connectivity index (χ2v) is 5.09. The van der Waals surface area contributed by atoms with Gasteiger partial charge in [-0.3, -0.25) is 9.59 Å². The largest absolute Gasteiger partial charge is 0.322 e. The molecule has 0 aromatic heterocycles. The van der Waals surface area contributed by atoms with Gasteiger partial charge in [0.1, 0.15) is 6.04 Å². The van der Waals surface area contributed by atoms with Crippen molar-refractivity contribution in [2.24, 2.45) is 10.2 Å². The van der Waals surface area contributed by atoms with E-state index in [2.05, 4.69) is 15.5 Å². The van der Waals surface area contributed by atoms with Gasteiger partial charge in [0.2, 0.25) is 0 Å². The summed E-state index contributed by atoms with van der Waals surface area (Å²) in [5.41, 5.74) is 2.11. The third kappa shape index (κ3) is 3.25. The zero-order valence-corrected chi connectivity index (χ0v) is 12.5. The lowest BCUT2D eigenvalue weighted by Gasteiger charge is -2.15. The molecule has 6 heteroatoms. The summed E-state index contributed by atoms with van der Waals surface area (Å²) in [4.78, 5) is 23.5. The molecule has 116 valence electrons. The highest BCUT2D eigenvalue weighted by Crippen LogP contribution is 2.29. The summed E-state index contributed by atoms with van der Waals surface area (Å²) in [6.45, 7) is 0. The number of nitriles is 1. The van der Waals surface area contributed by atoms with E-state index in [1.807, 2.05) is 18.2 Å². The summed E-state index contributed by atoms with van der Waals surface area (Å²) in [5, 5.41) is 19.2. The molecular weight excluding hydrogens is 304 g/mol. The van der Waals surface area contributed by atoms with Crippen LogP contribution in [-0.4, -0.2) is 11.8 Å². The summed E-state index contributed by atoms with van der Waals surface area (Å²) in [6.07, 6.45) is 2.99. The van der Waals surface area contributed by atoms with Crippen LogP contribution in [0, 0.1) is 11.3 Å². The van der Waals surface area contributed by atoms with Gasteiger partial charge in [0, 0.05) is 22.9 Å². The van der Waals surface area contributed by atoms with Crippen molar-refractivity contribution in [2.75, 3.05) is 5.32 Å². The molecule has 2 aromatic rings. The lowest BCUT2D eigenvalue weighted by molar-refractivity contribution is -0.114. The number of nitrogens with one attached hydrogen (secondary N) is 1. The topological polar surface area (TPSA) is 94.7 Å². The Morgan fingerprint density at radius 3 is 2.75 bits per heavy atom. The number of anilines is 1. The standard InChI is InChI=1S/C18H12N4O2/c19-11-12-4-3-5-13(10-12)18(24)20-15-7-2-1-6-14(15)16-8-9-17(23)22-21-16/h1-10,16H,(H,20,24). The molecule has 6 nitrogen and oxygen atoms in total. The second kappa shape index (κ2) is 6.67. The van der Waals surface area contributed by atoms with Gasteiger partial charge in [0.15, 0.2) is 0 Å². The SMILES string of the molecule is N#Cc1cccc(C(=O)Nc2ccccc2C2C=CC(=O)N=N2)c1. The number of nitrogens with zero attached hydrogens (tertiary/aromatic N) is 3. The highest BCUT2D eigenvalue weighted by molar-refractivity contribution is 6.05. The van der Waals surface area contributed by atoms with E-state index in [9.17, 15) is 9.59 Å². The molecular formula is C18H12N4O2. The molecule has 1 aliphatic rings. The van der Waals surface area contributed by atoms with Gasteiger partial charge in [0.05, 0.1) is 11.6 Å². The van der Waals surface area contributed by atoms with Crippen molar-refractivity contribution in [2.45, 2.75) is 6.04 Å². The highest BCUT2D eigenvalue weighted by atomic mass is 16.2. The number of para-hydroxylation sites is 1. The van der Waals surface area contributed by atoms with Crippen molar-refractivity contribution in [1.82, 2.24) is 0 Å². The summed E-state index contributed by atoms with van der Waals surface area (Å²) in [5.74, 6) is -0.728. The van der Waals surface area contributed by atoms with Gasteiger partial charge in [-0.2, -0.15) is 10.4 Å². The minimum atomic E-state index is -0.426. The first-order chi connectivity index (χ1) is 11.7. The van der Waals surface area contributed by atoms with Crippen LogP contribution in [0.3, 0.4) is 0 Å². The Morgan fingerprint density at radius 2 is 2.00 bits per heavy atom. The van der Waals surface area contributed by atoms with E-state index >= 15 is 0 Å². The van der Waals surface area contributed by atoms with Crippen molar-refractivity contribution < 1.29 is 9.59 Å². The zero-order chi connectivity index (χ0) is 16.9. The smallest absolute Gasteiger partial charge is 0.287 e. The van der Waals surface area contributed by atoms with Gasteiger partial charge in [-0.15, -0.1) is 5.11 Å². The molecule has 0 fully saturated rings. The number of hydrogen-bond acceptors (Lipinski definition) is 4. The maximum Gasteiger partial charge on any atom is 0.287 e. The van der Waals surface area contributed by atoms with E-state index in [4.69, 9.17) is 5.26 Å². The molecule has 2 amide bonds. The number of carbonyl (C=O) groups excluding carboxylic acids is 2. The van der Waals surface area contributed by atoms with Crippen LogP contribution in [0.15, 0.2) is 70.9 Å². The molecule has 1 N–H and O–H groups in total. The average Bonchev–Trinajstić information content (AvgIpc) is 2.63. The number of azo groups is 1. The zero-order valence-electron chi connectivity index (χ0n) is 12.5. The predicted molar refractivity (Wildman–Crippen MR) is 87.3 cm³/mol. The number of amides is 2. The Labute approximate surface area is 138 Å². The molecule has 1 atom stereocenters. The third-order valence-corrected chi connectivity index (χ3v) is 3.48. The third-order valence-electron chi connectivity index (χ3n) is 3.48. The maximum absolute atomic E-state index is 12.4. The molecule has 1 unspecified atom stereocenters. The normalized spacial score (nSPS) is 15.8. The molecule has 0 saturated heterocycles. The first kappa shape index (κ1) is 15.3. The Morgan fingerprint density at radius 1 is 1.17 bits per heavy atom. The molecule has 0 bridgehead atoms. The summed E-state index contributed by atoms with van der Waals surface area (Å²) >= 11 is 0. The van der Waals surface area contributed by atoms with Crippen LogP contribution in [0.25, 0.3) is 0 Å². The molecule has 24 heavy (non-hydrogen) atoms. The Bertz CT molecular complexity index is 893. The molecule has 0 aliphatic carbocycles. The molecule has 1 aliphatic heterocycles. The summed E-state index contributed by atoms with van der Waals surface area (Å²) in [7, 11) is 0. The number of rotatable bonds is 3. The first-order valence-electron chi connectivity index (χ1n) is 7.21. The number of hydrogen-bond donors (Lipinski definition) is 1. The number of carbonyl (C=O) groups is 2. The lowest BCUT2D eigenvalue weighted by Crippen LogP contribution is -2.14. The van der Waals surface area contributed by atoms with Crippen molar-refractivity contribution >= 4 is 17.5 Å². The predicted octanol–water partition coefficient (Wildman–Crippen LogP) is 3.40. The van der Waals surface area contributed by atoms with Crippen LogP contribution in [0.4, 0.5) is 5.69 Å². The van der Waals surface area contributed by atoms with E-state index in [1.165, 1.54) is 12.1 Å². The monoisotopic (exact) mass is 316 g/mol. The Kier molecular flexibility index (Phi) is 4.25. The van der Waals surface area contributed by atoms with E-state index in [-0.39, 0.29) is 5.91 Å². The second-order valence-electron chi connectivity index (χ2n) is 5.09. The maximum atomic E-state index is 12.4. The van der Waals surface area contributed by atoms with Crippen LogP contribution in [0.1, 0.15) is 27.5 Å². The highest BCUT2D eigenvalue weighted by Gasteiger charge is 2.17. The van der Waals surface area contributed by atoms with Gasteiger partial charge < -0.3 is 5.32 Å². The fourth-order valence-electron chi connectivity index (χ4n) is 2.32. The van der Waals surface area contributed by atoms with E-state index < -0.39 is 11.9 Å². The van der Waals surface area contributed by atoms with Crippen molar-refractivity contribution in [1.29, 1.82) is 5.26 Å². The first-order valence-corrected chi connectivity index (χ1v) is 7.21. The summed E-state index contributed by atoms with van der Waals surface area (Å²) in [6, 6.07) is 15.2. The van der Waals surface area contributed by atoms with Crippen LogP contribution in [-0.2, 0) is 4.79 Å².